The highest BCUT2D eigenvalue weighted by molar-refractivity contribution is 7.98. The van der Waals surface area contributed by atoms with Crippen LogP contribution >= 0.6 is 23.4 Å². The first-order valence-corrected chi connectivity index (χ1v) is 10.9. The van der Waals surface area contributed by atoms with Crippen LogP contribution in [0.15, 0.2) is 70.7 Å². The van der Waals surface area contributed by atoms with Gasteiger partial charge in [0.05, 0.1) is 0 Å². The number of aromatic nitrogens is 3. The van der Waals surface area contributed by atoms with Gasteiger partial charge in [-0.1, -0.05) is 71.9 Å². The maximum Gasteiger partial charge on any atom is 0.278 e. The molecule has 4 aromatic rings. The van der Waals surface area contributed by atoms with E-state index in [0.717, 1.165) is 27.2 Å². The van der Waals surface area contributed by atoms with Gasteiger partial charge in [0, 0.05) is 35.6 Å². The van der Waals surface area contributed by atoms with E-state index < -0.39 is 0 Å². The number of aryl methyl sites for hydroxylation is 1. The van der Waals surface area contributed by atoms with Crippen molar-refractivity contribution in [3.05, 3.63) is 81.7 Å². The lowest BCUT2D eigenvalue weighted by molar-refractivity contribution is 0.517. The molecule has 0 radical (unpaired) electrons. The Morgan fingerprint density at radius 3 is 2.45 bits per heavy atom. The minimum absolute atomic E-state index is 0.00298. The molecule has 0 saturated carbocycles. The maximum absolute atomic E-state index is 13.4. The second-order valence-electron chi connectivity index (χ2n) is 7.26. The number of hydrogen-bond acceptors (Lipinski definition) is 3. The van der Waals surface area contributed by atoms with Crippen molar-refractivity contribution in [2.45, 2.75) is 30.8 Å². The van der Waals surface area contributed by atoms with Crippen LogP contribution in [0.3, 0.4) is 0 Å². The average molecular weight is 424 g/mol. The maximum atomic E-state index is 13.4. The summed E-state index contributed by atoms with van der Waals surface area (Å²) in [6, 6.07) is 17.8. The molecule has 4 nitrogen and oxygen atoms in total. The van der Waals surface area contributed by atoms with Gasteiger partial charge in [-0.05, 0) is 31.0 Å². The molecule has 4 rings (SSSR count). The molecule has 0 aliphatic carbocycles. The zero-order chi connectivity index (χ0) is 20.5. The fourth-order valence-electron chi connectivity index (χ4n) is 3.47. The second kappa shape index (κ2) is 8.09. The van der Waals surface area contributed by atoms with Crippen molar-refractivity contribution in [2.24, 2.45) is 7.05 Å². The number of thioether (sulfide) groups is 1. The van der Waals surface area contributed by atoms with E-state index in [2.05, 4.69) is 0 Å². The zero-order valence-electron chi connectivity index (χ0n) is 16.6. The minimum atomic E-state index is -0.0173. The van der Waals surface area contributed by atoms with Gasteiger partial charge in [0.25, 0.3) is 5.56 Å². The lowest BCUT2D eigenvalue weighted by Crippen LogP contribution is -2.26. The molecule has 0 saturated heterocycles. The van der Waals surface area contributed by atoms with Crippen LogP contribution in [0.25, 0.3) is 22.2 Å². The van der Waals surface area contributed by atoms with E-state index in [0.29, 0.717) is 16.4 Å². The summed E-state index contributed by atoms with van der Waals surface area (Å²) >= 11 is 7.87. The molecule has 0 atom stereocenters. The molecule has 2 aromatic heterocycles. The van der Waals surface area contributed by atoms with Crippen LogP contribution in [0.4, 0.5) is 0 Å². The van der Waals surface area contributed by atoms with Crippen molar-refractivity contribution in [2.75, 3.05) is 0 Å². The van der Waals surface area contributed by atoms with Crippen LogP contribution in [-0.2, 0) is 12.8 Å². The normalized spacial score (nSPS) is 11.5. The molecule has 6 heteroatoms. The quantitative estimate of drug-likeness (QED) is 0.295. The van der Waals surface area contributed by atoms with Gasteiger partial charge in [0.15, 0.2) is 5.16 Å². The van der Waals surface area contributed by atoms with Crippen LogP contribution in [0.2, 0.25) is 5.02 Å². The van der Waals surface area contributed by atoms with E-state index in [1.165, 1.54) is 0 Å². The number of nitrogens with zero attached hydrogens (tertiary/aromatic N) is 3. The average Bonchev–Trinajstić information content (AvgIpc) is 3.04. The van der Waals surface area contributed by atoms with Crippen molar-refractivity contribution < 1.29 is 0 Å². The van der Waals surface area contributed by atoms with Crippen LogP contribution in [0.1, 0.15) is 25.5 Å². The Morgan fingerprint density at radius 2 is 1.76 bits per heavy atom. The minimum Gasteiger partial charge on any atom is -0.344 e. The van der Waals surface area contributed by atoms with Gasteiger partial charge in [0.1, 0.15) is 11.0 Å². The summed E-state index contributed by atoms with van der Waals surface area (Å²) in [5.41, 5.74) is 4.39. The molecule has 2 aromatic carbocycles. The van der Waals surface area contributed by atoms with Gasteiger partial charge in [-0.25, -0.2) is 4.98 Å². The van der Waals surface area contributed by atoms with Crippen LogP contribution in [0.5, 0.6) is 0 Å². The highest BCUT2D eigenvalue weighted by atomic mass is 35.5. The number of halogens is 1. The first-order chi connectivity index (χ1) is 14.0. The van der Waals surface area contributed by atoms with Gasteiger partial charge >= 0.3 is 0 Å². The Balaban J connectivity index is 1.88. The van der Waals surface area contributed by atoms with E-state index in [9.17, 15) is 4.79 Å². The summed E-state index contributed by atoms with van der Waals surface area (Å²) < 4.78 is 3.66. The Hall–Kier alpha value is -2.50. The van der Waals surface area contributed by atoms with Gasteiger partial charge in [-0.2, -0.15) is 0 Å². The fraction of sp³-hybridized carbons (Fsp3) is 0.217. The molecular formula is C23H22ClN3OS. The third-order valence-corrected chi connectivity index (χ3v) is 6.28. The Morgan fingerprint density at radius 1 is 1.07 bits per heavy atom. The lowest BCUT2D eigenvalue weighted by atomic mass is 10.1. The third kappa shape index (κ3) is 3.72. The Bertz CT molecular complexity index is 1230. The first-order valence-electron chi connectivity index (χ1n) is 9.50. The fourth-order valence-corrected chi connectivity index (χ4v) is 4.88. The molecule has 0 spiro atoms. The van der Waals surface area contributed by atoms with Crippen molar-refractivity contribution in [3.8, 4) is 11.1 Å². The molecule has 0 N–H and O–H groups in total. The topological polar surface area (TPSA) is 39.8 Å². The van der Waals surface area contributed by atoms with Crippen molar-refractivity contribution >= 4 is 34.4 Å². The first kappa shape index (κ1) is 19.8. The van der Waals surface area contributed by atoms with Crippen molar-refractivity contribution in [1.29, 1.82) is 0 Å². The molecule has 29 heavy (non-hydrogen) atoms. The van der Waals surface area contributed by atoms with E-state index in [1.54, 1.807) is 16.3 Å². The highest BCUT2D eigenvalue weighted by Crippen LogP contribution is 2.31. The summed E-state index contributed by atoms with van der Waals surface area (Å²) in [7, 11) is 1.90. The van der Waals surface area contributed by atoms with Gasteiger partial charge < -0.3 is 4.57 Å². The predicted molar refractivity (Wildman–Crippen MR) is 122 cm³/mol. The summed E-state index contributed by atoms with van der Waals surface area (Å²) in [6.45, 7) is 4.02. The molecule has 0 amide bonds. The monoisotopic (exact) mass is 423 g/mol. The van der Waals surface area contributed by atoms with E-state index in [1.807, 2.05) is 86.3 Å². The van der Waals surface area contributed by atoms with Crippen molar-refractivity contribution in [1.82, 2.24) is 14.1 Å². The summed E-state index contributed by atoms with van der Waals surface area (Å²) in [5.74, 6) is 0.651. The molecule has 0 fully saturated rings. The van der Waals surface area contributed by atoms with Crippen LogP contribution in [-0.4, -0.2) is 14.1 Å². The SMILES string of the molecule is CC(C)n1c(SCc2ccccc2Cl)nc2c(-c3ccccc3)cn(C)c2c1=O. The number of rotatable bonds is 5. The molecule has 148 valence electrons. The van der Waals surface area contributed by atoms with Gasteiger partial charge in [-0.3, -0.25) is 9.36 Å². The molecule has 0 unspecified atom stereocenters. The Kier molecular flexibility index (Phi) is 5.52. The standard InChI is InChI=1S/C23H22ClN3OS/c1-15(2)27-22(28)21-20(18(13-26(21)3)16-9-5-4-6-10-16)25-23(27)29-14-17-11-7-8-12-19(17)24/h4-13,15H,14H2,1-3H3. The molecule has 2 heterocycles. The van der Waals surface area contributed by atoms with Crippen LogP contribution in [0, 0.1) is 0 Å². The van der Waals surface area contributed by atoms with Crippen molar-refractivity contribution in [3.63, 3.8) is 0 Å². The number of hydrogen-bond donors (Lipinski definition) is 0. The summed E-state index contributed by atoms with van der Waals surface area (Å²) in [4.78, 5) is 18.4. The smallest absolute Gasteiger partial charge is 0.278 e. The molecule has 0 aliphatic rings. The largest absolute Gasteiger partial charge is 0.344 e. The predicted octanol–water partition coefficient (Wildman–Crippen LogP) is 5.93. The van der Waals surface area contributed by atoms with Gasteiger partial charge in [-0.15, -0.1) is 0 Å². The van der Waals surface area contributed by atoms with Gasteiger partial charge in [0.2, 0.25) is 0 Å². The Labute approximate surface area is 179 Å². The number of fused-ring (bicyclic) bond motifs is 1. The van der Waals surface area contributed by atoms with E-state index in [4.69, 9.17) is 16.6 Å². The molecule has 0 bridgehead atoms. The lowest BCUT2D eigenvalue weighted by Gasteiger charge is -2.16. The summed E-state index contributed by atoms with van der Waals surface area (Å²) in [5, 5.41) is 1.44. The molecule has 0 aliphatic heterocycles. The second-order valence-corrected chi connectivity index (χ2v) is 8.61. The molecular weight excluding hydrogens is 402 g/mol. The summed E-state index contributed by atoms with van der Waals surface area (Å²) in [6.07, 6.45) is 1.99. The third-order valence-electron chi connectivity index (χ3n) is 4.91. The van der Waals surface area contributed by atoms with Crippen LogP contribution < -0.4 is 5.56 Å². The van der Waals surface area contributed by atoms with E-state index in [-0.39, 0.29) is 11.6 Å². The van der Waals surface area contributed by atoms with E-state index >= 15 is 0 Å². The number of benzene rings is 2. The highest BCUT2D eigenvalue weighted by Gasteiger charge is 2.20. The zero-order valence-corrected chi connectivity index (χ0v) is 18.2.